The fraction of sp³-hybridized carbons (Fsp3) is 0.759. The summed E-state index contributed by atoms with van der Waals surface area (Å²) in [5.74, 6) is 0.454. The molecular weight excluding hydrogens is 424 g/mol. The quantitative estimate of drug-likeness (QED) is 0.148. The van der Waals surface area contributed by atoms with Crippen LogP contribution in [0.15, 0.2) is 30.3 Å². The minimum Gasteiger partial charge on any atom is -0.414 e. The average Bonchev–Trinajstić information content (AvgIpc) is 2.74. The normalized spacial score (nSPS) is 13.3. The Bertz CT molecular complexity index is 622. The highest BCUT2D eigenvalue weighted by molar-refractivity contribution is 6.74. The van der Waals surface area contributed by atoms with Crippen molar-refractivity contribution in [1.29, 1.82) is 0 Å². The van der Waals surface area contributed by atoms with Crippen LogP contribution in [-0.2, 0) is 20.6 Å². The first kappa shape index (κ1) is 30.1. The van der Waals surface area contributed by atoms with Crippen LogP contribution in [0.1, 0.15) is 110 Å². The minimum atomic E-state index is -1.65. The van der Waals surface area contributed by atoms with Crippen molar-refractivity contribution >= 4 is 14.1 Å². The molecule has 0 aliphatic rings. The van der Waals surface area contributed by atoms with Crippen LogP contribution in [0.5, 0.6) is 0 Å². The van der Waals surface area contributed by atoms with Gasteiger partial charge in [0.1, 0.15) is 5.78 Å². The van der Waals surface area contributed by atoms with E-state index in [1.165, 1.54) is 37.7 Å². The maximum atomic E-state index is 12.1. The Morgan fingerprint density at radius 3 is 2.00 bits per heavy atom. The van der Waals surface area contributed by atoms with E-state index in [2.05, 4.69) is 52.9 Å². The van der Waals surface area contributed by atoms with Gasteiger partial charge in [-0.15, -0.1) is 0 Å². The molecule has 0 saturated heterocycles. The molecule has 0 N–H and O–H groups in total. The molecule has 190 valence electrons. The topological polar surface area (TPSA) is 35.5 Å². The van der Waals surface area contributed by atoms with Crippen molar-refractivity contribution in [3.8, 4) is 0 Å². The maximum Gasteiger partial charge on any atom is 0.192 e. The van der Waals surface area contributed by atoms with Gasteiger partial charge in [0.05, 0.1) is 6.61 Å². The first-order chi connectivity index (χ1) is 15.6. The second-order valence-electron chi connectivity index (χ2n) is 11.2. The Kier molecular flexibility index (Phi) is 15.1. The predicted molar refractivity (Wildman–Crippen MR) is 144 cm³/mol. The second-order valence-corrected chi connectivity index (χ2v) is 16.0. The van der Waals surface area contributed by atoms with Gasteiger partial charge in [-0.05, 0) is 56.3 Å². The fourth-order valence-corrected chi connectivity index (χ4v) is 5.27. The highest BCUT2D eigenvalue weighted by Crippen LogP contribution is 2.37. The lowest BCUT2D eigenvalue weighted by atomic mass is 10.0. The second kappa shape index (κ2) is 16.6. The highest BCUT2D eigenvalue weighted by Gasteiger charge is 2.38. The molecule has 0 saturated carbocycles. The largest absolute Gasteiger partial charge is 0.414 e. The molecule has 0 unspecified atom stereocenters. The Morgan fingerprint density at radius 1 is 0.848 bits per heavy atom. The van der Waals surface area contributed by atoms with Gasteiger partial charge in [0.15, 0.2) is 8.32 Å². The van der Waals surface area contributed by atoms with Crippen molar-refractivity contribution in [1.82, 2.24) is 0 Å². The number of carbonyl (C=O) groups is 1. The summed E-state index contributed by atoms with van der Waals surface area (Å²) in [5.41, 5.74) is 1.24. The highest BCUT2D eigenvalue weighted by atomic mass is 28.4. The average molecular weight is 477 g/mol. The lowest BCUT2D eigenvalue weighted by molar-refractivity contribution is -0.119. The number of benzene rings is 1. The number of hydrogen-bond donors (Lipinski definition) is 0. The van der Waals surface area contributed by atoms with Crippen LogP contribution in [0.4, 0.5) is 0 Å². The molecule has 33 heavy (non-hydrogen) atoms. The van der Waals surface area contributed by atoms with E-state index in [4.69, 9.17) is 9.16 Å². The molecule has 1 aromatic carbocycles. The summed E-state index contributed by atoms with van der Waals surface area (Å²) in [4.78, 5) is 12.1. The van der Waals surface area contributed by atoms with Crippen LogP contribution in [0, 0.1) is 0 Å². The first-order valence-electron chi connectivity index (χ1n) is 13.4. The van der Waals surface area contributed by atoms with Gasteiger partial charge in [-0.3, -0.25) is 4.79 Å². The van der Waals surface area contributed by atoms with Crippen LogP contribution in [0.25, 0.3) is 0 Å². The molecule has 1 atom stereocenters. The van der Waals surface area contributed by atoms with E-state index >= 15 is 0 Å². The summed E-state index contributed by atoms with van der Waals surface area (Å²) in [6.07, 6.45) is 13.4. The Morgan fingerprint density at radius 2 is 1.39 bits per heavy atom. The molecule has 0 amide bonds. The van der Waals surface area contributed by atoms with Crippen LogP contribution in [0.3, 0.4) is 0 Å². The standard InChI is InChI=1S/C29H52O3Si/c1-26(32-33(5,6)29(2,3)4)19-13-9-10-17-23-28(30)22-16-8-7-11-18-24-31-25-27-20-14-12-15-21-27/h12,14-15,20-21,26H,7-11,13,16-19,22-25H2,1-6H3/t26-/m1/s1. The minimum absolute atomic E-state index is 0.276. The molecule has 1 aromatic rings. The summed E-state index contributed by atoms with van der Waals surface area (Å²) >= 11 is 0. The summed E-state index contributed by atoms with van der Waals surface area (Å²) in [6, 6.07) is 10.3. The summed E-state index contributed by atoms with van der Waals surface area (Å²) in [5, 5.41) is 0.276. The fourth-order valence-electron chi connectivity index (χ4n) is 3.79. The van der Waals surface area contributed by atoms with Crippen LogP contribution in [-0.4, -0.2) is 26.8 Å². The Balaban J connectivity index is 1.89. The molecule has 0 aliphatic carbocycles. The molecule has 0 spiro atoms. The molecule has 1 rings (SSSR count). The first-order valence-corrected chi connectivity index (χ1v) is 16.3. The zero-order valence-electron chi connectivity index (χ0n) is 22.6. The van der Waals surface area contributed by atoms with Gasteiger partial charge in [0.2, 0.25) is 0 Å². The number of carbonyl (C=O) groups excluding carboxylic acids is 1. The van der Waals surface area contributed by atoms with Crippen molar-refractivity contribution in [3.05, 3.63) is 35.9 Å². The molecule has 0 fully saturated rings. The van der Waals surface area contributed by atoms with E-state index in [0.717, 1.165) is 51.6 Å². The van der Waals surface area contributed by atoms with Crippen molar-refractivity contribution in [3.63, 3.8) is 0 Å². The van der Waals surface area contributed by atoms with Crippen molar-refractivity contribution in [2.24, 2.45) is 0 Å². The van der Waals surface area contributed by atoms with Crippen molar-refractivity contribution in [2.75, 3.05) is 6.61 Å². The van der Waals surface area contributed by atoms with Gasteiger partial charge in [-0.2, -0.15) is 0 Å². The van der Waals surface area contributed by atoms with E-state index in [1.54, 1.807) is 0 Å². The smallest absolute Gasteiger partial charge is 0.192 e. The number of ether oxygens (including phenoxy) is 1. The van der Waals surface area contributed by atoms with Gasteiger partial charge < -0.3 is 9.16 Å². The van der Waals surface area contributed by atoms with Crippen molar-refractivity contribution in [2.45, 2.75) is 136 Å². The van der Waals surface area contributed by atoms with Crippen LogP contribution < -0.4 is 0 Å². The summed E-state index contributed by atoms with van der Waals surface area (Å²) in [7, 11) is -1.65. The van der Waals surface area contributed by atoms with E-state index in [1.807, 2.05) is 18.2 Å². The molecule has 0 bridgehead atoms. The lowest BCUT2D eigenvalue weighted by Gasteiger charge is -2.38. The molecular formula is C29H52O3Si. The van der Waals surface area contributed by atoms with Crippen LogP contribution in [0.2, 0.25) is 18.1 Å². The molecule has 0 radical (unpaired) electrons. The molecule has 4 heteroatoms. The van der Waals surface area contributed by atoms with E-state index < -0.39 is 8.32 Å². The third-order valence-corrected chi connectivity index (χ3v) is 11.6. The molecule has 0 aromatic heterocycles. The zero-order chi connectivity index (χ0) is 24.6. The lowest BCUT2D eigenvalue weighted by Crippen LogP contribution is -2.43. The number of hydrogen-bond acceptors (Lipinski definition) is 3. The number of unbranched alkanes of at least 4 members (excludes halogenated alkanes) is 7. The number of ketones is 1. The van der Waals surface area contributed by atoms with Crippen molar-refractivity contribution < 1.29 is 14.0 Å². The molecule has 3 nitrogen and oxygen atoms in total. The van der Waals surface area contributed by atoms with Gasteiger partial charge in [0, 0.05) is 25.6 Å². The third kappa shape index (κ3) is 14.8. The van der Waals surface area contributed by atoms with Gasteiger partial charge >= 0.3 is 0 Å². The van der Waals surface area contributed by atoms with Gasteiger partial charge in [-0.25, -0.2) is 0 Å². The van der Waals surface area contributed by atoms with E-state index in [-0.39, 0.29) is 5.04 Å². The maximum absolute atomic E-state index is 12.1. The zero-order valence-corrected chi connectivity index (χ0v) is 23.6. The number of Topliss-reactive ketones (excluding diaryl/α,β-unsaturated/α-hetero) is 1. The van der Waals surface area contributed by atoms with E-state index in [0.29, 0.717) is 18.5 Å². The molecule has 0 heterocycles. The Labute approximate surface area is 206 Å². The third-order valence-electron chi connectivity index (χ3n) is 6.97. The Hall–Kier alpha value is -0.973. The SMILES string of the molecule is C[C@H](CCCCCCC(=O)CCCCCCCOCc1ccccc1)O[Si](C)(C)C(C)(C)C. The number of rotatable bonds is 19. The van der Waals surface area contributed by atoms with Gasteiger partial charge in [0.25, 0.3) is 0 Å². The van der Waals surface area contributed by atoms with Crippen LogP contribution >= 0.6 is 0 Å². The van der Waals surface area contributed by atoms with E-state index in [9.17, 15) is 4.79 Å². The van der Waals surface area contributed by atoms with Gasteiger partial charge in [-0.1, -0.05) is 89.6 Å². The summed E-state index contributed by atoms with van der Waals surface area (Å²) < 4.78 is 12.2. The summed E-state index contributed by atoms with van der Waals surface area (Å²) in [6.45, 7) is 15.3. The predicted octanol–water partition coefficient (Wildman–Crippen LogP) is 8.86. The monoisotopic (exact) mass is 476 g/mol. The molecule has 0 aliphatic heterocycles.